The van der Waals surface area contributed by atoms with E-state index in [1.165, 1.54) is 0 Å². The molecule has 114 valence electrons. The van der Waals surface area contributed by atoms with Crippen molar-refractivity contribution in [1.29, 1.82) is 0 Å². The van der Waals surface area contributed by atoms with Gasteiger partial charge in [0.15, 0.2) is 0 Å². The molecule has 1 unspecified atom stereocenters. The van der Waals surface area contributed by atoms with Gasteiger partial charge in [0, 0.05) is 18.5 Å². The van der Waals surface area contributed by atoms with E-state index in [0.717, 1.165) is 5.57 Å². The first kappa shape index (κ1) is 18.3. The van der Waals surface area contributed by atoms with Gasteiger partial charge in [0.2, 0.25) is 0 Å². The highest BCUT2D eigenvalue weighted by Gasteiger charge is 2.25. The third-order valence-electron chi connectivity index (χ3n) is 2.65. The molecule has 0 aliphatic heterocycles. The number of nitrogens with zero attached hydrogens (tertiary/aromatic N) is 4. The van der Waals surface area contributed by atoms with Gasteiger partial charge in [-0.25, -0.2) is 4.79 Å². The Morgan fingerprint density at radius 3 is 2.40 bits per heavy atom. The highest BCUT2D eigenvalue weighted by Crippen LogP contribution is 2.17. The zero-order valence-electron chi connectivity index (χ0n) is 13.5. The minimum atomic E-state index is -0.517. The molecule has 0 spiro atoms. The molecule has 0 radical (unpaired) electrons. The highest BCUT2D eigenvalue weighted by molar-refractivity contribution is 5.68. The van der Waals surface area contributed by atoms with E-state index in [9.17, 15) is 4.79 Å². The summed E-state index contributed by atoms with van der Waals surface area (Å²) in [6.07, 6.45) is 1.59. The smallest absolute Gasteiger partial charge is 0.410 e. The maximum Gasteiger partial charge on any atom is 0.410 e. The first-order valence-electron chi connectivity index (χ1n) is 6.72. The van der Waals surface area contributed by atoms with Crippen molar-refractivity contribution in [3.63, 3.8) is 0 Å². The molecule has 0 saturated carbocycles. The monoisotopic (exact) mass is 282 g/mol. The Kier molecular flexibility index (Phi) is 7.14. The molecule has 0 aliphatic rings. The van der Waals surface area contributed by atoms with Gasteiger partial charge in [-0.05, 0) is 39.1 Å². The molecule has 0 aromatic rings. The van der Waals surface area contributed by atoms with Crippen LogP contribution >= 0.6 is 0 Å². The Morgan fingerprint density at radius 2 is 2.00 bits per heavy atom. The van der Waals surface area contributed by atoms with Gasteiger partial charge in [0.25, 0.3) is 0 Å². The number of amides is 1. The van der Waals surface area contributed by atoms with E-state index in [4.69, 9.17) is 10.3 Å². The Labute approximate surface area is 121 Å². The number of hydrogen-bond donors (Lipinski definition) is 0. The van der Waals surface area contributed by atoms with Gasteiger partial charge in [0.05, 0.1) is 6.04 Å². The van der Waals surface area contributed by atoms with Crippen molar-refractivity contribution in [3.05, 3.63) is 22.1 Å². The highest BCUT2D eigenvalue weighted by atomic mass is 16.6. The van der Waals surface area contributed by atoms with Crippen molar-refractivity contribution in [2.75, 3.05) is 13.6 Å². The zero-order valence-corrected chi connectivity index (χ0v) is 13.5. The van der Waals surface area contributed by atoms with Gasteiger partial charge in [-0.3, -0.25) is 0 Å². The summed E-state index contributed by atoms with van der Waals surface area (Å²) in [5.74, 6) is 0.230. The second-order valence-corrected chi connectivity index (χ2v) is 6.23. The fraction of sp³-hybridized carbons (Fsp3) is 0.786. The summed E-state index contributed by atoms with van der Waals surface area (Å²) in [6, 6.07) is -0.0984. The SMILES string of the molecule is C/C(=C\C(C(C)C)N(C)C(=O)OC(C)(C)C)CN=[N+]=[N-]. The van der Waals surface area contributed by atoms with Crippen molar-refractivity contribution in [2.24, 2.45) is 11.0 Å². The van der Waals surface area contributed by atoms with Gasteiger partial charge in [0.1, 0.15) is 5.60 Å². The van der Waals surface area contributed by atoms with E-state index in [1.54, 1.807) is 11.9 Å². The average molecular weight is 282 g/mol. The molecule has 20 heavy (non-hydrogen) atoms. The first-order valence-corrected chi connectivity index (χ1v) is 6.72. The summed E-state index contributed by atoms with van der Waals surface area (Å²) < 4.78 is 5.37. The van der Waals surface area contributed by atoms with E-state index in [2.05, 4.69) is 10.0 Å². The third-order valence-corrected chi connectivity index (χ3v) is 2.65. The largest absolute Gasteiger partial charge is 0.444 e. The van der Waals surface area contributed by atoms with E-state index in [1.807, 2.05) is 47.6 Å². The number of likely N-dealkylation sites (N-methyl/N-ethyl adjacent to an activating group) is 1. The summed E-state index contributed by atoms with van der Waals surface area (Å²) >= 11 is 0. The van der Waals surface area contributed by atoms with Crippen molar-refractivity contribution in [2.45, 2.75) is 53.2 Å². The number of carbonyl (C=O) groups excluding carboxylic acids is 1. The van der Waals surface area contributed by atoms with Crippen LogP contribution < -0.4 is 0 Å². The van der Waals surface area contributed by atoms with Gasteiger partial charge < -0.3 is 9.64 Å². The van der Waals surface area contributed by atoms with E-state index in [0.29, 0.717) is 6.54 Å². The summed E-state index contributed by atoms with van der Waals surface area (Å²) in [4.78, 5) is 16.4. The fourth-order valence-corrected chi connectivity index (χ4v) is 1.69. The predicted molar refractivity (Wildman–Crippen MR) is 80.4 cm³/mol. The molecular weight excluding hydrogens is 256 g/mol. The molecule has 1 amide bonds. The molecular formula is C14H26N4O2. The topological polar surface area (TPSA) is 78.3 Å². The number of ether oxygens (including phenoxy) is 1. The molecule has 0 aromatic heterocycles. The van der Waals surface area contributed by atoms with E-state index < -0.39 is 5.60 Å². The third kappa shape index (κ3) is 7.04. The molecule has 1 atom stereocenters. The number of rotatable bonds is 5. The molecule has 0 aliphatic carbocycles. The Balaban J connectivity index is 5.00. The predicted octanol–water partition coefficient (Wildman–Crippen LogP) is 4.13. The molecule has 0 rings (SSSR count). The van der Waals surface area contributed by atoms with Gasteiger partial charge >= 0.3 is 6.09 Å². The van der Waals surface area contributed by atoms with Gasteiger partial charge in [-0.2, -0.15) is 0 Å². The quantitative estimate of drug-likeness (QED) is 0.329. The average Bonchev–Trinajstić information content (AvgIpc) is 2.29. The summed E-state index contributed by atoms with van der Waals surface area (Å²) in [5, 5.41) is 3.53. The number of azide groups is 1. The lowest BCUT2D eigenvalue weighted by atomic mass is 10.0. The van der Waals surface area contributed by atoms with Crippen LogP contribution in [0.4, 0.5) is 4.79 Å². The summed E-state index contributed by atoms with van der Waals surface area (Å²) in [6.45, 7) is 11.8. The second-order valence-electron chi connectivity index (χ2n) is 6.23. The Bertz CT molecular complexity index is 404. The Morgan fingerprint density at radius 1 is 1.45 bits per heavy atom. The summed E-state index contributed by atoms with van der Waals surface area (Å²) in [5.41, 5.74) is 8.74. The van der Waals surface area contributed by atoms with Crippen LogP contribution in [0.15, 0.2) is 16.8 Å². The molecule has 0 bridgehead atoms. The molecule has 0 aromatic carbocycles. The van der Waals surface area contributed by atoms with Crippen LogP contribution in [-0.2, 0) is 4.74 Å². The van der Waals surface area contributed by atoms with Crippen LogP contribution in [0.5, 0.6) is 0 Å². The van der Waals surface area contributed by atoms with Crippen molar-refractivity contribution >= 4 is 6.09 Å². The molecule has 0 fully saturated rings. The minimum Gasteiger partial charge on any atom is -0.444 e. The maximum absolute atomic E-state index is 12.1. The fourth-order valence-electron chi connectivity index (χ4n) is 1.69. The van der Waals surface area contributed by atoms with Gasteiger partial charge in [-0.1, -0.05) is 30.6 Å². The van der Waals surface area contributed by atoms with E-state index >= 15 is 0 Å². The van der Waals surface area contributed by atoms with Crippen LogP contribution in [0.2, 0.25) is 0 Å². The molecule has 0 saturated heterocycles. The van der Waals surface area contributed by atoms with Crippen LogP contribution in [0.3, 0.4) is 0 Å². The molecule has 6 heteroatoms. The second kappa shape index (κ2) is 7.80. The van der Waals surface area contributed by atoms with Crippen molar-refractivity contribution < 1.29 is 9.53 Å². The van der Waals surface area contributed by atoms with E-state index in [-0.39, 0.29) is 18.1 Å². The molecule has 6 nitrogen and oxygen atoms in total. The molecule has 0 heterocycles. The normalized spacial score (nSPS) is 13.7. The Hall–Kier alpha value is -1.68. The molecule has 0 N–H and O–H groups in total. The first-order chi connectivity index (χ1) is 9.08. The van der Waals surface area contributed by atoms with Crippen molar-refractivity contribution in [3.8, 4) is 0 Å². The standard InChI is InChI=1S/C14H26N4O2/c1-10(2)12(8-11(3)9-16-17-15)18(7)13(19)20-14(4,5)6/h8,10,12H,9H2,1-7H3/b11-8+. The van der Waals surface area contributed by atoms with Crippen LogP contribution in [0.1, 0.15) is 41.5 Å². The maximum atomic E-state index is 12.1. The lowest BCUT2D eigenvalue weighted by molar-refractivity contribution is 0.0223. The number of hydrogen-bond acceptors (Lipinski definition) is 3. The lowest BCUT2D eigenvalue weighted by Crippen LogP contribution is -2.42. The van der Waals surface area contributed by atoms with Crippen LogP contribution in [0, 0.1) is 5.92 Å². The van der Waals surface area contributed by atoms with Crippen LogP contribution in [-0.4, -0.2) is 36.2 Å². The zero-order chi connectivity index (χ0) is 15.9. The van der Waals surface area contributed by atoms with Crippen LogP contribution in [0.25, 0.3) is 10.4 Å². The lowest BCUT2D eigenvalue weighted by Gasteiger charge is -2.31. The minimum absolute atomic E-state index is 0.0984. The summed E-state index contributed by atoms with van der Waals surface area (Å²) in [7, 11) is 1.72. The number of carbonyl (C=O) groups is 1. The van der Waals surface area contributed by atoms with Gasteiger partial charge in [-0.15, -0.1) is 0 Å². The van der Waals surface area contributed by atoms with Crippen molar-refractivity contribution in [1.82, 2.24) is 4.90 Å².